The number of carbonyl (C=O) groups excluding carboxylic acids is 1. The van der Waals surface area contributed by atoms with Gasteiger partial charge in [-0.2, -0.15) is 0 Å². The topological polar surface area (TPSA) is 17.1 Å². The van der Waals surface area contributed by atoms with E-state index in [1.54, 1.807) is 11.3 Å². The first-order chi connectivity index (χ1) is 8.24. The maximum absolute atomic E-state index is 11.8. The number of ketones is 1. The zero-order valence-corrected chi connectivity index (χ0v) is 10.8. The molecule has 0 unspecified atom stereocenters. The zero-order chi connectivity index (χ0) is 12.1. The number of aryl methyl sites for hydroxylation is 2. The number of thiophene rings is 1. The predicted molar refractivity (Wildman–Crippen MR) is 72.5 cm³/mol. The van der Waals surface area contributed by atoms with Crippen molar-refractivity contribution in [2.75, 3.05) is 0 Å². The molecule has 0 N–H and O–H groups in total. The van der Waals surface area contributed by atoms with Crippen LogP contribution >= 0.6 is 11.3 Å². The average molecular weight is 244 g/mol. The molecule has 0 saturated heterocycles. The molecule has 2 aromatic rings. The van der Waals surface area contributed by atoms with Crippen molar-refractivity contribution in [2.45, 2.75) is 26.2 Å². The summed E-state index contributed by atoms with van der Waals surface area (Å²) in [6.45, 7) is 2.06. The lowest BCUT2D eigenvalue weighted by Crippen LogP contribution is -2.03. The second kappa shape index (κ2) is 5.78. The van der Waals surface area contributed by atoms with Gasteiger partial charge < -0.3 is 0 Å². The number of hydrogen-bond donors (Lipinski definition) is 0. The molecule has 17 heavy (non-hydrogen) atoms. The molecule has 2 rings (SSSR count). The summed E-state index contributed by atoms with van der Waals surface area (Å²) in [7, 11) is 0. The van der Waals surface area contributed by atoms with E-state index in [2.05, 4.69) is 30.5 Å². The highest BCUT2D eigenvalue weighted by molar-refractivity contribution is 7.09. The van der Waals surface area contributed by atoms with Crippen LogP contribution in [0.5, 0.6) is 0 Å². The summed E-state index contributed by atoms with van der Waals surface area (Å²) >= 11 is 1.72. The molecule has 0 aliphatic carbocycles. The smallest absolute Gasteiger partial charge is 0.137 e. The summed E-state index contributed by atoms with van der Waals surface area (Å²) in [5.74, 6) is 0.323. The molecule has 0 amide bonds. The standard InChI is InChI=1S/C15H16OS/c1-12-4-2-5-13(10-12)11-14(16)7-8-15-6-3-9-17-15/h2-6,9-10H,7-8,11H2,1H3. The minimum atomic E-state index is 0.323. The Morgan fingerprint density at radius 3 is 2.82 bits per heavy atom. The lowest BCUT2D eigenvalue weighted by Gasteiger charge is -2.02. The normalized spacial score (nSPS) is 10.4. The van der Waals surface area contributed by atoms with Crippen molar-refractivity contribution in [1.29, 1.82) is 0 Å². The van der Waals surface area contributed by atoms with Crippen LogP contribution in [0.1, 0.15) is 22.4 Å². The largest absolute Gasteiger partial charge is 0.299 e. The molecule has 0 bridgehead atoms. The van der Waals surface area contributed by atoms with Crippen molar-refractivity contribution >= 4 is 17.1 Å². The fourth-order valence-electron chi connectivity index (χ4n) is 1.86. The first-order valence-corrected chi connectivity index (χ1v) is 6.71. The molecule has 1 nitrogen and oxygen atoms in total. The third-order valence-corrected chi connectivity index (χ3v) is 3.65. The highest BCUT2D eigenvalue weighted by Crippen LogP contribution is 2.12. The maximum atomic E-state index is 11.8. The monoisotopic (exact) mass is 244 g/mol. The van der Waals surface area contributed by atoms with E-state index in [0.717, 1.165) is 12.0 Å². The van der Waals surface area contributed by atoms with Gasteiger partial charge in [0.1, 0.15) is 5.78 Å². The summed E-state index contributed by atoms with van der Waals surface area (Å²) < 4.78 is 0. The van der Waals surface area contributed by atoms with Gasteiger partial charge in [-0.25, -0.2) is 0 Å². The van der Waals surface area contributed by atoms with Gasteiger partial charge in [0.25, 0.3) is 0 Å². The number of hydrogen-bond acceptors (Lipinski definition) is 2. The van der Waals surface area contributed by atoms with Gasteiger partial charge >= 0.3 is 0 Å². The van der Waals surface area contributed by atoms with Gasteiger partial charge in [-0.05, 0) is 30.4 Å². The van der Waals surface area contributed by atoms with Crippen LogP contribution in [0.4, 0.5) is 0 Å². The Morgan fingerprint density at radius 1 is 1.24 bits per heavy atom. The van der Waals surface area contributed by atoms with Gasteiger partial charge in [0, 0.05) is 17.7 Å². The second-order valence-corrected chi connectivity index (χ2v) is 5.32. The van der Waals surface area contributed by atoms with Crippen molar-refractivity contribution in [2.24, 2.45) is 0 Å². The van der Waals surface area contributed by atoms with E-state index in [4.69, 9.17) is 0 Å². The van der Waals surface area contributed by atoms with Crippen LogP contribution in [0.3, 0.4) is 0 Å². The third-order valence-electron chi connectivity index (χ3n) is 2.71. The highest BCUT2D eigenvalue weighted by atomic mass is 32.1. The van der Waals surface area contributed by atoms with E-state index < -0.39 is 0 Å². The molecule has 0 radical (unpaired) electrons. The molecule has 1 aromatic heterocycles. The van der Waals surface area contributed by atoms with Gasteiger partial charge in [0.15, 0.2) is 0 Å². The Hall–Kier alpha value is -1.41. The molecule has 1 aromatic carbocycles. The Morgan fingerprint density at radius 2 is 2.12 bits per heavy atom. The predicted octanol–water partition coefficient (Wildman–Crippen LogP) is 3.80. The van der Waals surface area contributed by atoms with Gasteiger partial charge in [0.2, 0.25) is 0 Å². The van der Waals surface area contributed by atoms with Crippen molar-refractivity contribution < 1.29 is 4.79 Å². The minimum absolute atomic E-state index is 0.323. The van der Waals surface area contributed by atoms with Crippen molar-refractivity contribution in [3.8, 4) is 0 Å². The van der Waals surface area contributed by atoms with Crippen LogP contribution in [-0.4, -0.2) is 5.78 Å². The first kappa shape index (κ1) is 12.1. The summed E-state index contributed by atoms with van der Waals surface area (Å²) in [5.41, 5.74) is 2.34. The van der Waals surface area contributed by atoms with Crippen LogP contribution in [0, 0.1) is 6.92 Å². The van der Waals surface area contributed by atoms with Gasteiger partial charge in [-0.15, -0.1) is 11.3 Å². The molecule has 0 aliphatic rings. The zero-order valence-electron chi connectivity index (χ0n) is 9.98. The Kier molecular flexibility index (Phi) is 4.10. The van der Waals surface area contributed by atoms with E-state index >= 15 is 0 Å². The van der Waals surface area contributed by atoms with Crippen LogP contribution in [0.25, 0.3) is 0 Å². The summed E-state index contributed by atoms with van der Waals surface area (Å²) in [6, 6.07) is 12.3. The molecule has 0 saturated carbocycles. The molecular weight excluding hydrogens is 228 g/mol. The summed E-state index contributed by atoms with van der Waals surface area (Å²) in [5, 5.41) is 2.06. The molecule has 0 fully saturated rings. The van der Waals surface area contributed by atoms with E-state index in [-0.39, 0.29) is 0 Å². The highest BCUT2D eigenvalue weighted by Gasteiger charge is 2.05. The second-order valence-electron chi connectivity index (χ2n) is 4.28. The van der Waals surface area contributed by atoms with Crippen LogP contribution in [0.2, 0.25) is 0 Å². The van der Waals surface area contributed by atoms with Crippen LogP contribution < -0.4 is 0 Å². The van der Waals surface area contributed by atoms with E-state index in [1.807, 2.05) is 18.2 Å². The number of carbonyl (C=O) groups is 1. The van der Waals surface area contributed by atoms with Crippen molar-refractivity contribution in [3.05, 3.63) is 57.8 Å². The average Bonchev–Trinajstić information content (AvgIpc) is 2.79. The summed E-state index contributed by atoms with van der Waals surface area (Å²) in [6.07, 6.45) is 2.09. The molecule has 1 heterocycles. The quantitative estimate of drug-likeness (QED) is 0.782. The molecule has 0 aliphatic heterocycles. The minimum Gasteiger partial charge on any atom is -0.299 e. The molecule has 2 heteroatoms. The Labute approximate surface area is 106 Å². The van der Waals surface area contributed by atoms with Gasteiger partial charge in [0.05, 0.1) is 0 Å². The number of Topliss-reactive ketones (excluding diaryl/α,β-unsaturated/α-hetero) is 1. The molecule has 0 atom stereocenters. The summed E-state index contributed by atoms with van der Waals surface area (Å²) in [4.78, 5) is 13.1. The fraction of sp³-hybridized carbons (Fsp3) is 0.267. The van der Waals surface area contributed by atoms with Gasteiger partial charge in [-0.1, -0.05) is 35.9 Å². The molecule has 88 valence electrons. The molecular formula is C15H16OS. The molecule has 0 spiro atoms. The maximum Gasteiger partial charge on any atom is 0.137 e. The number of rotatable bonds is 5. The Balaban J connectivity index is 1.85. The number of benzene rings is 1. The van der Waals surface area contributed by atoms with Crippen molar-refractivity contribution in [3.63, 3.8) is 0 Å². The van der Waals surface area contributed by atoms with E-state index in [1.165, 1.54) is 10.4 Å². The SMILES string of the molecule is Cc1cccc(CC(=O)CCc2cccs2)c1. The van der Waals surface area contributed by atoms with E-state index in [9.17, 15) is 4.79 Å². The Bertz CT molecular complexity index is 485. The van der Waals surface area contributed by atoms with E-state index in [0.29, 0.717) is 18.6 Å². The third kappa shape index (κ3) is 3.82. The van der Waals surface area contributed by atoms with Crippen LogP contribution in [0.15, 0.2) is 41.8 Å². The van der Waals surface area contributed by atoms with Crippen LogP contribution in [-0.2, 0) is 17.6 Å². The fourth-order valence-corrected chi connectivity index (χ4v) is 2.56. The van der Waals surface area contributed by atoms with Gasteiger partial charge in [-0.3, -0.25) is 4.79 Å². The lowest BCUT2D eigenvalue weighted by atomic mass is 10.0. The lowest BCUT2D eigenvalue weighted by molar-refractivity contribution is -0.118. The van der Waals surface area contributed by atoms with Crippen molar-refractivity contribution in [1.82, 2.24) is 0 Å². The first-order valence-electron chi connectivity index (χ1n) is 5.83.